The van der Waals surface area contributed by atoms with Crippen molar-refractivity contribution in [1.29, 1.82) is 0 Å². The van der Waals surface area contributed by atoms with Crippen LogP contribution < -0.4 is 16.4 Å². The molecule has 0 aliphatic rings. The van der Waals surface area contributed by atoms with Crippen LogP contribution in [0.15, 0.2) is 60.7 Å². The lowest BCUT2D eigenvalue weighted by Crippen LogP contribution is -2.19. The standard InChI is InChI=1S/C18H14FN3O2S/c19-14-7-2-1-6-13(14)15-8-9-16(25-15)17(23)21-11-4-3-5-12(10-11)22-18(20)24/h1-10H,(H,21,23)(H3,20,22,24). The number of benzene rings is 2. The monoisotopic (exact) mass is 355 g/mol. The van der Waals surface area contributed by atoms with E-state index >= 15 is 0 Å². The molecule has 0 aliphatic heterocycles. The number of nitrogens with two attached hydrogens (primary N) is 1. The first kappa shape index (κ1) is 16.7. The molecule has 1 heterocycles. The van der Waals surface area contributed by atoms with Crippen LogP contribution in [0.1, 0.15) is 9.67 Å². The van der Waals surface area contributed by atoms with Crippen LogP contribution in [0, 0.1) is 5.82 Å². The highest BCUT2D eigenvalue weighted by Gasteiger charge is 2.13. The van der Waals surface area contributed by atoms with Gasteiger partial charge in [0.15, 0.2) is 0 Å². The lowest BCUT2D eigenvalue weighted by atomic mass is 10.2. The summed E-state index contributed by atoms with van der Waals surface area (Å²) in [4.78, 5) is 24.4. The van der Waals surface area contributed by atoms with Crippen LogP contribution in [0.3, 0.4) is 0 Å². The SMILES string of the molecule is NC(=O)Nc1cccc(NC(=O)c2ccc(-c3ccccc3F)s2)c1. The minimum absolute atomic E-state index is 0.316. The van der Waals surface area contributed by atoms with Gasteiger partial charge < -0.3 is 16.4 Å². The van der Waals surface area contributed by atoms with E-state index in [0.717, 1.165) is 0 Å². The first-order valence-corrected chi connectivity index (χ1v) is 8.17. The van der Waals surface area contributed by atoms with E-state index in [9.17, 15) is 14.0 Å². The Labute approximate surface area is 147 Å². The van der Waals surface area contributed by atoms with E-state index in [0.29, 0.717) is 26.7 Å². The Kier molecular flexibility index (Phi) is 4.76. The maximum absolute atomic E-state index is 13.8. The van der Waals surface area contributed by atoms with Gasteiger partial charge in [0, 0.05) is 21.8 Å². The van der Waals surface area contributed by atoms with Crippen LogP contribution >= 0.6 is 11.3 Å². The Bertz CT molecular complexity index is 939. The fourth-order valence-corrected chi connectivity index (χ4v) is 3.20. The predicted octanol–water partition coefficient (Wildman–Crippen LogP) is 4.30. The van der Waals surface area contributed by atoms with Crippen LogP contribution in [0.5, 0.6) is 0 Å². The maximum Gasteiger partial charge on any atom is 0.316 e. The summed E-state index contributed by atoms with van der Waals surface area (Å²) in [5.41, 5.74) is 6.52. The van der Waals surface area contributed by atoms with Crippen molar-refractivity contribution in [2.24, 2.45) is 5.73 Å². The van der Waals surface area contributed by atoms with Gasteiger partial charge in [0.2, 0.25) is 0 Å². The van der Waals surface area contributed by atoms with Crippen molar-refractivity contribution in [2.45, 2.75) is 0 Å². The number of rotatable bonds is 4. The Hall–Kier alpha value is -3.19. The summed E-state index contributed by atoms with van der Waals surface area (Å²) in [6, 6.07) is 15.7. The number of amides is 3. The number of thiophene rings is 1. The summed E-state index contributed by atoms with van der Waals surface area (Å²) >= 11 is 1.20. The van der Waals surface area contributed by atoms with Crippen molar-refractivity contribution in [1.82, 2.24) is 0 Å². The quantitative estimate of drug-likeness (QED) is 0.652. The minimum Gasteiger partial charge on any atom is -0.351 e. The van der Waals surface area contributed by atoms with Crippen LogP contribution in [0.25, 0.3) is 10.4 Å². The molecule has 2 aromatic carbocycles. The van der Waals surface area contributed by atoms with E-state index in [-0.39, 0.29) is 11.7 Å². The summed E-state index contributed by atoms with van der Waals surface area (Å²) in [6.07, 6.45) is 0. The van der Waals surface area contributed by atoms with Gasteiger partial charge in [0.05, 0.1) is 4.88 Å². The number of hydrogen-bond donors (Lipinski definition) is 3. The fraction of sp³-hybridized carbons (Fsp3) is 0. The molecule has 25 heavy (non-hydrogen) atoms. The number of halogens is 1. The minimum atomic E-state index is -0.684. The van der Waals surface area contributed by atoms with Gasteiger partial charge >= 0.3 is 6.03 Å². The van der Waals surface area contributed by atoms with Gasteiger partial charge in [-0.1, -0.05) is 24.3 Å². The highest BCUT2D eigenvalue weighted by atomic mass is 32.1. The molecule has 0 aliphatic carbocycles. The van der Waals surface area contributed by atoms with E-state index in [4.69, 9.17) is 5.73 Å². The van der Waals surface area contributed by atoms with Gasteiger partial charge in [-0.15, -0.1) is 11.3 Å². The molecule has 7 heteroatoms. The number of nitrogens with one attached hydrogen (secondary N) is 2. The number of carbonyl (C=O) groups is 2. The smallest absolute Gasteiger partial charge is 0.316 e. The van der Waals surface area contributed by atoms with Gasteiger partial charge in [-0.05, 0) is 36.4 Å². The average molecular weight is 355 g/mol. The highest BCUT2D eigenvalue weighted by molar-refractivity contribution is 7.17. The molecule has 0 spiro atoms. The Morgan fingerprint density at radius 2 is 1.64 bits per heavy atom. The lowest BCUT2D eigenvalue weighted by molar-refractivity contribution is 0.103. The molecule has 0 bridgehead atoms. The fourth-order valence-electron chi connectivity index (χ4n) is 2.28. The Balaban J connectivity index is 1.76. The summed E-state index contributed by atoms with van der Waals surface area (Å²) < 4.78 is 13.8. The van der Waals surface area contributed by atoms with E-state index in [1.54, 1.807) is 54.6 Å². The van der Waals surface area contributed by atoms with Gasteiger partial charge in [0.25, 0.3) is 5.91 Å². The maximum atomic E-state index is 13.8. The molecule has 1 aromatic heterocycles. The average Bonchev–Trinajstić information content (AvgIpc) is 3.05. The molecular formula is C18H14FN3O2S. The largest absolute Gasteiger partial charge is 0.351 e. The first-order valence-electron chi connectivity index (χ1n) is 7.35. The van der Waals surface area contributed by atoms with E-state index < -0.39 is 6.03 Å². The Morgan fingerprint density at radius 3 is 2.36 bits per heavy atom. The van der Waals surface area contributed by atoms with Crippen LogP contribution in [-0.2, 0) is 0 Å². The highest BCUT2D eigenvalue weighted by Crippen LogP contribution is 2.30. The molecule has 0 fully saturated rings. The topological polar surface area (TPSA) is 84.2 Å². The molecule has 3 rings (SSSR count). The van der Waals surface area contributed by atoms with E-state index in [1.165, 1.54) is 17.4 Å². The molecule has 3 amide bonds. The normalized spacial score (nSPS) is 10.3. The summed E-state index contributed by atoms with van der Waals surface area (Å²) in [5, 5.41) is 5.18. The molecule has 126 valence electrons. The van der Waals surface area contributed by atoms with Crippen LogP contribution in [0.4, 0.5) is 20.6 Å². The molecule has 4 N–H and O–H groups in total. The molecular weight excluding hydrogens is 341 g/mol. The summed E-state index contributed by atoms with van der Waals surface area (Å²) in [6.45, 7) is 0. The van der Waals surface area contributed by atoms with Crippen molar-refractivity contribution in [3.8, 4) is 10.4 Å². The molecule has 0 saturated heterocycles. The predicted molar refractivity (Wildman–Crippen MR) is 97.3 cm³/mol. The number of hydrogen-bond acceptors (Lipinski definition) is 3. The second-order valence-electron chi connectivity index (χ2n) is 5.17. The molecule has 0 atom stereocenters. The van der Waals surface area contributed by atoms with Crippen LogP contribution in [-0.4, -0.2) is 11.9 Å². The van der Waals surface area contributed by atoms with Crippen molar-refractivity contribution in [3.63, 3.8) is 0 Å². The third-order valence-corrected chi connectivity index (χ3v) is 4.47. The van der Waals surface area contributed by atoms with Crippen molar-refractivity contribution >= 4 is 34.6 Å². The summed E-state index contributed by atoms with van der Waals surface area (Å²) in [5.74, 6) is -0.648. The number of primary amides is 1. The summed E-state index contributed by atoms with van der Waals surface area (Å²) in [7, 11) is 0. The van der Waals surface area contributed by atoms with Crippen LogP contribution in [0.2, 0.25) is 0 Å². The zero-order chi connectivity index (χ0) is 17.8. The van der Waals surface area contributed by atoms with Gasteiger partial charge in [-0.2, -0.15) is 0 Å². The lowest BCUT2D eigenvalue weighted by Gasteiger charge is -2.06. The molecule has 3 aromatic rings. The molecule has 0 radical (unpaired) electrons. The molecule has 5 nitrogen and oxygen atoms in total. The zero-order valence-corrected chi connectivity index (χ0v) is 13.8. The molecule has 0 unspecified atom stereocenters. The van der Waals surface area contributed by atoms with Gasteiger partial charge in [0.1, 0.15) is 5.82 Å². The van der Waals surface area contributed by atoms with E-state index in [2.05, 4.69) is 10.6 Å². The van der Waals surface area contributed by atoms with E-state index in [1.807, 2.05) is 0 Å². The van der Waals surface area contributed by atoms with Gasteiger partial charge in [-0.3, -0.25) is 4.79 Å². The number of carbonyl (C=O) groups excluding carboxylic acids is 2. The Morgan fingerprint density at radius 1 is 0.920 bits per heavy atom. The van der Waals surface area contributed by atoms with Crippen molar-refractivity contribution in [2.75, 3.05) is 10.6 Å². The van der Waals surface area contributed by atoms with Crippen molar-refractivity contribution < 1.29 is 14.0 Å². The van der Waals surface area contributed by atoms with Gasteiger partial charge in [-0.25, -0.2) is 9.18 Å². The second kappa shape index (κ2) is 7.14. The first-order chi connectivity index (χ1) is 12.0. The number of anilines is 2. The zero-order valence-electron chi connectivity index (χ0n) is 13.0. The second-order valence-corrected chi connectivity index (χ2v) is 6.25. The van der Waals surface area contributed by atoms with Crippen molar-refractivity contribution in [3.05, 3.63) is 71.4 Å². The molecule has 0 saturated carbocycles. The third-order valence-electron chi connectivity index (χ3n) is 3.36. The third kappa shape index (κ3) is 4.02. The number of urea groups is 1.